The minimum Gasteiger partial charge on any atom is -0.465 e. The van der Waals surface area contributed by atoms with Crippen molar-refractivity contribution in [2.24, 2.45) is 0 Å². The van der Waals surface area contributed by atoms with E-state index in [1.165, 1.54) is 25.3 Å². The molecule has 2 heterocycles. The van der Waals surface area contributed by atoms with Crippen LogP contribution in [-0.4, -0.2) is 27.4 Å². The molecule has 0 bridgehead atoms. The molecule has 0 saturated heterocycles. The summed E-state index contributed by atoms with van der Waals surface area (Å²) in [5.74, 6) is -0.757. The Bertz CT molecular complexity index is 970. The zero-order valence-electron chi connectivity index (χ0n) is 13.1. The molecule has 8 nitrogen and oxygen atoms in total. The van der Waals surface area contributed by atoms with Crippen molar-refractivity contribution >= 4 is 38.9 Å². The van der Waals surface area contributed by atoms with Gasteiger partial charge >= 0.3 is 5.97 Å². The van der Waals surface area contributed by atoms with Crippen molar-refractivity contribution in [3.63, 3.8) is 0 Å². The van der Waals surface area contributed by atoms with Crippen LogP contribution in [0.2, 0.25) is 0 Å². The molecule has 0 aliphatic rings. The number of carbonyl (C=O) groups excluding carboxylic acids is 1. The van der Waals surface area contributed by atoms with Crippen LogP contribution in [0.3, 0.4) is 0 Å². The monoisotopic (exact) mass is 404 g/mol. The van der Waals surface area contributed by atoms with Crippen molar-refractivity contribution in [3.8, 4) is 0 Å². The van der Waals surface area contributed by atoms with E-state index in [-0.39, 0.29) is 11.3 Å². The third-order valence-electron chi connectivity index (χ3n) is 3.54. The van der Waals surface area contributed by atoms with Crippen molar-refractivity contribution in [2.75, 3.05) is 12.4 Å². The van der Waals surface area contributed by atoms with Gasteiger partial charge in [-0.25, -0.2) is 9.78 Å². The number of imidazole rings is 1. The van der Waals surface area contributed by atoms with Crippen molar-refractivity contribution in [2.45, 2.75) is 6.54 Å². The van der Waals surface area contributed by atoms with E-state index in [0.717, 1.165) is 15.8 Å². The topological polar surface area (TPSA) is 98.8 Å². The van der Waals surface area contributed by atoms with E-state index in [4.69, 9.17) is 0 Å². The van der Waals surface area contributed by atoms with Gasteiger partial charge in [-0.05, 0) is 40.2 Å². The Morgan fingerprint density at radius 3 is 2.88 bits per heavy atom. The number of carbonyl (C=O) groups is 1. The van der Waals surface area contributed by atoms with Gasteiger partial charge in [-0.3, -0.25) is 10.1 Å². The van der Waals surface area contributed by atoms with Gasteiger partial charge in [0.05, 0.1) is 24.3 Å². The number of hydrogen-bond donors (Lipinski definition) is 1. The van der Waals surface area contributed by atoms with Crippen molar-refractivity contribution < 1.29 is 14.5 Å². The molecule has 0 unspecified atom stereocenters. The molecule has 0 fully saturated rings. The first-order chi connectivity index (χ1) is 12.0. The fourth-order valence-electron chi connectivity index (χ4n) is 2.37. The fraction of sp³-hybridized carbons (Fsp3) is 0.125. The number of nitrogens with one attached hydrogen (secondary N) is 1. The number of halogens is 1. The van der Waals surface area contributed by atoms with E-state index in [9.17, 15) is 14.9 Å². The number of nitrogens with zero attached hydrogens (tertiary/aromatic N) is 3. The average molecular weight is 405 g/mol. The number of pyridine rings is 1. The fourth-order valence-corrected chi connectivity index (χ4v) is 2.73. The van der Waals surface area contributed by atoms with Gasteiger partial charge in [0.2, 0.25) is 0 Å². The second kappa shape index (κ2) is 6.89. The number of aromatic nitrogens is 2. The van der Waals surface area contributed by atoms with E-state index in [1.54, 1.807) is 0 Å². The van der Waals surface area contributed by atoms with Crippen LogP contribution in [-0.2, 0) is 11.3 Å². The van der Waals surface area contributed by atoms with E-state index in [1.807, 2.05) is 28.9 Å². The molecule has 0 amide bonds. The molecule has 0 radical (unpaired) electrons. The summed E-state index contributed by atoms with van der Waals surface area (Å²) in [5, 5.41) is 14.1. The lowest BCUT2D eigenvalue weighted by molar-refractivity contribution is -0.385. The minimum atomic E-state index is -0.757. The molecular weight excluding hydrogens is 392 g/mol. The zero-order valence-corrected chi connectivity index (χ0v) is 14.7. The number of ether oxygens (including phenoxy) is 1. The minimum absolute atomic E-state index is 0.101. The summed E-state index contributed by atoms with van der Waals surface area (Å²) in [6.45, 7) is 0.401. The Morgan fingerprint density at radius 2 is 2.16 bits per heavy atom. The van der Waals surface area contributed by atoms with Gasteiger partial charge in [0.1, 0.15) is 11.2 Å². The van der Waals surface area contributed by atoms with Crippen molar-refractivity contribution in [3.05, 3.63) is 68.6 Å². The number of anilines is 1. The molecule has 1 aromatic carbocycles. The Labute approximate surface area is 150 Å². The third kappa shape index (κ3) is 3.61. The molecule has 128 valence electrons. The first-order valence-corrected chi connectivity index (χ1v) is 8.01. The molecule has 1 N–H and O–H groups in total. The lowest BCUT2D eigenvalue weighted by atomic mass is 10.1. The number of fused-ring (bicyclic) bond motifs is 1. The second-order valence-electron chi connectivity index (χ2n) is 5.18. The van der Waals surface area contributed by atoms with E-state index in [2.05, 4.69) is 31.0 Å². The largest absolute Gasteiger partial charge is 0.465 e. The van der Waals surface area contributed by atoms with Crippen LogP contribution in [0.4, 0.5) is 11.4 Å². The van der Waals surface area contributed by atoms with Crippen molar-refractivity contribution in [1.29, 1.82) is 0 Å². The summed E-state index contributed by atoms with van der Waals surface area (Å²) in [7, 11) is 1.18. The first kappa shape index (κ1) is 16.9. The summed E-state index contributed by atoms with van der Waals surface area (Å²) in [5.41, 5.74) is 1.76. The van der Waals surface area contributed by atoms with Gasteiger partial charge in [0, 0.05) is 28.6 Å². The van der Waals surface area contributed by atoms with Gasteiger partial charge < -0.3 is 14.5 Å². The van der Waals surface area contributed by atoms with Crippen LogP contribution in [0, 0.1) is 10.1 Å². The molecular formula is C16H13BrN4O4. The van der Waals surface area contributed by atoms with Gasteiger partial charge in [-0.15, -0.1) is 0 Å². The molecule has 9 heteroatoms. The number of rotatable bonds is 5. The number of esters is 1. The summed E-state index contributed by atoms with van der Waals surface area (Å²) >= 11 is 3.40. The standard InChI is InChI=1S/C16H13BrN4O4/c1-25-16(22)13-6-11(3-4-14(13)21(23)24)18-7-12-9-20-8-10(17)2-5-15(20)19-12/h2-6,8-9,18H,7H2,1H3. The molecule has 0 saturated carbocycles. The highest BCUT2D eigenvalue weighted by Crippen LogP contribution is 2.24. The van der Waals surface area contributed by atoms with Gasteiger partial charge in [0.25, 0.3) is 5.69 Å². The highest BCUT2D eigenvalue weighted by molar-refractivity contribution is 9.10. The maximum Gasteiger partial charge on any atom is 0.344 e. The first-order valence-electron chi connectivity index (χ1n) is 7.21. The average Bonchev–Trinajstić information content (AvgIpc) is 3.00. The smallest absolute Gasteiger partial charge is 0.344 e. The summed E-state index contributed by atoms with van der Waals surface area (Å²) < 4.78 is 7.43. The number of nitro groups is 1. The zero-order chi connectivity index (χ0) is 18.0. The predicted molar refractivity (Wildman–Crippen MR) is 94.7 cm³/mol. The van der Waals surface area contributed by atoms with Gasteiger partial charge in [-0.1, -0.05) is 0 Å². The lowest BCUT2D eigenvalue weighted by Crippen LogP contribution is -2.07. The van der Waals surface area contributed by atoms with Crippen LogP contribution in [0.5, 0.6) is 0 Å². The van der Waals surface area contributed by atoms with Gasteiger partial charge in [-0.2, -0.15) is 0 Å². The molecule has 2 aromatic heterocycles. The van der Waals surface area contributed by atoms with Crippen LogP contribution < -0.4 is 5.32 Å². The van der Waals surface area contributed by atoms with Crippen LogP contribution in [0.25, 0.3) is 5.65 Å². The van der Waals surface area contributed by atoms with Crippen LogP contribution in [0.1, 0.15) is 16.1 Å². The lowest BCUT2D eigenvalue weighted by Gasteiger charge is -2.07. The molecule has 3 aromatic rings. The Kier molecular flexibility index (Phi) is 4.66. The predicted octanol–water partition coefficient (Wildman–Crippen LogP) is 3.40. The maximum atomic E-state index is 11.7. The summed E-state index contributed by atoms with van der Waals surface area (Å²) in [6, 6.07) is 8.00. The Morgan fingerprint density at radius 1 is 1.36 bits per heavy atom. The third-order valence-corrected chi connectivity index (χ3v) is 4.01. The SMILES string of the molecule is COC(=O)c1cc(NCc2cn3cc(Br)ccc3n2)ccc1[N+](=O)[O-]. The summed E-state index contributed by atoms with van der Waals surface area (Å²) in [4.78, 5) is 26.6. The van der Waals surface area contributed by atoms with E-state index < -0.39 is 10.9 Å². The number of methoxy groups -OCH3 is 1. The molecule has 0 aliphatic carbocycles. The number of hydrogen-bond acceptors (Lipinski definition) is 6. The highest BCUT2D eigenvalue weighted by atomic mass is 79.9. The molecule has 0 atom stereocenters. The van der Waals surface area contributed by atoms with Crippen molar-refractivity contribution in [1.82, 2.24) is 9.38 Å². The van der Waals surface area contributed by atoms with Crippen LogP contribution >= 0.6 is 15.9 Å². The molecule has 0 spiro atoms. The number of benzene rings is 1. The highest BCUT2D eigenvalue weighted by Gasteiger charge is 2.21. The quantitative estimate of drug-likeness (QED) is 0.397. The Balaban J connectivity index is 1.82. The number of nitro benzene ring substituents is 1. The van der Waals surface area contributed by atoms with Crippen LogP contribution in [0.15, 0.2) is 47.2 Å². The molecule has 3 rings (SSSR count). The van der Waals surface area contributed by atoms with E-state index >= 15 is 0 Å². The Hall–Kier alpha value is -2.94. The normalized spacial score (nSPS) is 10.6. The molecule has 25 heavy (non-hydrogen) atoms. The van der Waals surface area contributed by atoms with Gasteiger partial charge in [0.15, 0.2) is 0 Å². The van der Waals surface area contributed by atoms with E-state index in [0.29, 0.717) is 12.2 Å². The summed E-state index contributed by atoms with van der Waals surface area (Å²) in [6.07, 6.45) is 3.77. The molecule has 0 aliphatic heterocycles. The maximum absolute atomic E-state index is 11.7. The second-order valence-corrected chi connectivity index (χ2v) is 6.09.